The lowest BCUT2D eigenvalue weighted by atomic mass is 9.85. The van der Waals surface area contributed by atoms with Gasteiger partial charge in [-0.3, -0.25) is 9.59 Å². The van der Waals surface area contributed by atoms with Gasteiger partial charge in [0.15, 0.2) is 0 Å². The second-order valence-electron chi connectivity index (χ2n) is 6.54. The number of nitrogens with zero attached hydrogens (tertiary/aromatic N) is 1. The van der Waals surface area contributed by atoms with E-state index in [2.05, 4.69) is 4.74 Å². The lowest BCUT2D eigenvalue weighted by molar-refractivity contribution is -0.144. The maximum atomic E-state index is 13.7. The van der Waals surface area contributed by atoms with Gasteiger partial charge in [0.2, 0.25) is 5.91 Å². The number of benzene rings is 1. The monoisotopic (exact) mass is 307 g/mol. The molecule has 0 radical (unpaired) electrons. The number of ether oxygens (including phenoxy) is 1. The fraction of sp³-hybridized carbons (Fsp3) is 0.529. The molecule has 1 aliphatic rings. The molecule has 1 aromatic carbocycles. The third-order valence-electron chi connectivity index (χ3n) is 4.04. The predicted octanol–water partition coefficient (Wildman–Crippen LogP) is 2.69. The summed E-state index contributed by atoms with van der Waals surface area (Å²) in [5.74, 6) is -0.525. The quantitative estimate of drug-likeness (QED) is 0.804. The lowest BCUT2D eigenvalue weighted by Gasteiger charge is -2.32. The highest BCUT2D eigenvalue weighted by molar-refractivity contribution is 5.78. The third-order valence-corrected chi connectivity index (χ3v) is 4.04. The summed E-state index contributed by atoms with van der Waals surface area (Å²) in [5.41, 5.74) is 1.12. The van der Waals surface area contributed by atoms with Crippen LogP contribution in [-0.4, -0.2) is 30.4 Å². The highest BCUT2D eigenvalue weighted by atomic mass is 19.1. The van der Waals surface area contributed by atoms with Crippen molar-refractivity contribution in [3.63, 3.8) is 0 Å². The van der Waals surface area contributed by atoms with E-state index in [0.717, 1.165) is 5.56 Å². The smallest absolute Gasteiger partial charge is 0.306 e. The van der Waals surface area contributed by atoms with Crippen molar-refractivity contribution in [2.24, 2.45) is 5.41 Å². The summed E-state index contributed by atoms with van der Waals surface area (Å²) in [4.78, 5) is 25.6. The Balaban J connectivity index is 2.01. The summed E-state index contributed by atoms with van der Waals surface area (Å²) in [5, 5.41) is 0. The number of rotatable bonds is 4. The molecule has 5 heteroatoms. The van der Waals surface area contributed by atoms with Crippen LogP contribution in [0.1, 0.15) is 37.8 Å². The molecule has 2 rings (SSSR count). The molecular weight excluding hydrogens is 285 g/mol. The highest BCUT2D eigenvalue weighted by Crippen LogP contribution is 2.28. The van der Waals surface area contributed by atoms with Gasteiger partial charge in [0, 0.05) is 19.5 Å². The van der Waals surface area contributed by atoms with Gasteiger partial charge in [-0.05, 0) is 29.0 Å². The van der Waals surface area contributed by atoms with Crippen molar-refractivity contribution in [3.8, 4) is 0 Å². The summed E-state index contributed by atoms with van der Waals surface area (Å²) in [7, 11) is 1.34. The summed E-state index contributed by atoms with van der Waals surface area (Å²) < 4.78 is 18.4. The SMILES string of the molecule is COC(=O)CC(C)(C)CC(=O)N1CCc2c(F)cccc2C1. The molecule has 0 aliphatic carbocycles. The number of carbonyl (C=O) groups excluding carboxylic acids is 2. The van der Waals surface area contributed by atoms with Gasteiger partial charge in [0.25, 0.3) is 0 Å². The van der Waals surface area contributed by atoms with Gasteiger partial charge < -0.3 is 9.64 Å². The first-order chi connectivity index (χ1) is 10.3. The first-order valence-electron chi connectivity index (χ1n) is 7.43. The Morgan fingerprint density at radius 1 is 1.32 bits per heavy atom. The van der Waals surface area contributed by atoms with Gasteiger partial charge in [-0.2, -0.15) is 0 Å². The van der Waals surface area contributed by atoms with Gasteiger partial charge in [-0.1, -0.05) is 26.0 Å². The maximum Gasteiger partial charge on any atom is 0.306 e. The van der Waals surface area contributed by atoms with Gasteiger partial charge >= 0.3 is 5.97 Å². The molecule has 0 spiro atoms. The zero-order valence-corrected chi connectivity index (χ0v) is 13.3. The number of esters is 1. The Morgan fingerprint density at radius 3 is 2.73 bits per heavy atom. The molecule has 0 aromatic heterocycles. The van der Waals surface area contributed by atoms with E-state index in [1.54, 1.807) is 11.0 Å². The largest absolute Gasteiger partial charge is 0.469 e. The molecule has 0 saturated carbocycles. The van der Waals surface area contributed by atoms with E-state index < -0.39 is 5.41 Å². The third kappa shape index (κ3) is 3.84. The van der Waals surface area contributed by atoms with E-state index in [-0.39, 0.29) is 30.5 Å². The van der Waals surface area contributed by atoms with Crippen molar-refractivity contribution >= 4 is 11.9 Å². The second kappa shape index (κ2) is 6.46. The van der Waals surface area contributed by atoms with E-state index in [9.17, 15) is 14.0 Å². The Kier molecular flexibility index (Phi) is 4.84. The number of methoxy groups -OCH3 is 1. The average Bonchev–Trinajstić information content (AvgIpc) is 2.46. The zero-order valence-electron chi connectivity index (χ0n) is 13.3. The Labute approximate surface area is 130 Å². The van der Waals surface area contributed by atoms with Crippen LogP contribution < -0.4 is 0 Å². The number of hydrogen-bond donors (Lipinski definition) is 0. The highest BCUT2D eigenvalue weighted by Gasteiger charge is 2.30. The van der Waals surface area contributed by atoms with E-state index in [1.807, 2.05) is 19.9 Å². The number of amides is 1. The van der Waals surface area contributed by atoms with E-state index in [1.165, 1.54) is 13.2 Å². The van der Waals surface area contributed by atoms with Crippen LogP contribution in [-0.2, 0) is 27.3 Å². The molecule has 1 heterocycles. The minimum atomic E-state index is -0.452. The molecule has 4 nitrogen and oxygen atoms in total. The fourth-order valence-electron chi connectivity index (χ4n) is 2.82. The van der Waals surface area contributed by atoms with Crippen LogP contribution in [0.15, 0.2) is 18.2 Å². The summed E-state index contributed by atoms with van der Waals surface area (Å²) >= 11 is 0. The first kappa shape index (κ1) is 16.5. The molecule has 0 N–H and O–H groups in total. The summed E-state index contributed by atoms with van der Waals surface area (Å²) in [6, 6.07) is 4.98. The topological polar surface area (TPSA) is 46.6 Å². The molecular formula is C17H22FNO3. The molecule has 120 valence electrons. The molecule has 22 heavy (non-hydrogen) atoms. The molecule has 1 aliphatic heterocycles. The second-order valence-corrected chi connectivity index (χ2v) is 6.54. The molecule has 0 saturated heterocycles. The van der Waals surface area contributed by atoms with Gasteiger partial charge in [0.05, 0.1) is 13.5 Å². The first-order valence-corrected chi connectivity index (χ1v) is 7.43. The minimum absolute atomic E-state index is 0.0104. The van der Waals surface area contributed by atoms with Crippen LogP contribution >= 0.6 is 0 Å². The van der Waals surface area contributed by atoms with Crippen LogP contribution in [0.4, 0.5) is 4.39 Å². The normalized spacial score (nSPS) is 14.5. The van der Waals surface area contributed by atoms with Crippen molar-refractivity contribution in [1.29, 1.82) is 0 Å². The van der Waals surface area contributed by atoms with Crippen molar-refractivity contribution in [1.82, 2.24) is 4.90 Å². The van der Waals surface area contributed by atoms with Crippen LogP contribution in [0.5, 0.6) is 0 Å². The number of halogens is 1. The van der Waals surface area contributed by atoms with Crippen molar-refractivity contribution in [2.45, 2.75) is 39.7 Å². The van der Waals surface area contributed by atoms with E-state index in [0.29, 0.717) is 25.1 Å². The zero-order chi connectivity index (χ0) is 16.3. The number of hydrogen-bond acceptors (Lipinski definition) is 3. The number of carbonyl (C=O) groups is 2. The van der Waals surface area contributed by atoms with Crippen molar-refractivity contribution in [2.75, 3.05) is 13.7 Å². The van der Waals surface area contributed by atoms with Crippen LogP contribution in [0.3, 0.4) is 0 Å². The van der Waals surface area contributed by atoms with E-state index >= 15 is 0 Å². The summed E-state index contributed by atoms with van der Waals surface area (Å²) in [6.45, 7) is 4.69. The molecule has 0 fully saturated rings. The summed E-state index contributed by atoms with van der Waals surface area (Å²) in [6.07, 6.45) is 1.01. The Bertz CT molecular complexity index is 583. The lowest BCUT2D eigenvalue weighted by Crippen LogP contribution is -2.38. The van der Waals surface area contributed by atoms with Gasteiger partial charge in [-0.25, -0.2) is 4.39 Å². The van der Waals surface area contributed by atoms with E-state index in [4.69, 9.17) is 0 Å². The molecule has 0 bridgehead atoms. The van der Waals surface area contributed by atoms with Gasteiger partial charge in [-0.15, -0.1) is 0 Å². The van der Waals surface area contributed by atoms with Crippen LogP contribution in [0.25, 0.3) is 0 Å². The average molecular weight is 307 g/mol. The molecule has 1 amide bonds. The maximum absolute atomic E-state index is 13.7. The van der Waals surface area contributed by atoms with Crippen LogP contribution in [0, 0.1) is 11.2 Å². The van der Waals surface area contributed by atoms with Crippen LogP contribution in [0.2, 0.25) is 0 Å². The van der Waals surface area contributed by atoms with Crippen molar-refractivity contribution < 1.29 is 18.7 Å². The standard InChI is InChI=1S/C17H22FNO3/c1-17(2,10-16(21)22-3)9-15(20)19-8-7-13-12(11-19)5-4-6-14(13)18/h4-6H,7-11H2,1-3H3. The molecule has 0 atom stereocenters. The Hall–Kier alpha value is -1.91. The molecule has 0 unspecified atom stereocenters. The fourth-order valence-corrected chi connectivity index (χ4v) is 2.82. The number of fused-ring (bicyclic) bond motifs is 1. The van der Waals surface area contributed by atoms with Crippen molar-refractivity contribution in [3.05, 3.63) is 35.1 Å². The predicted molar refractivity (Wildman–Crippen MR) is 80.6 cm³/mol. The minimum Gasteiger partial charge on any atom is -0.469 e. The Morgan fingerprint density at radius 2 is 2.05 bits per heavy atom. The van der Waals surface area contributed by atoms with Gasteiger partial charge in [0.1, 0.15) is 5.82 Å². The molecule has 1 aromatic rings.